The Morgan fingerprint density at radius 3 is 2.47 bits per heavy atom. The minimum absolute atomic E-state index is 0. The molecule has 5 rings (SSSR count). The Kier molecular flexibility index (Phi) is 11.2. The third-order valence-electron chi connectivity index (χ3n) is 7.57. The molecule has 10 heteroatoms. The van der Waals surface area contributed by atoms with Gasteiger partial charge in [-0.1, -0.05) is 49.4 Å². The first kappa shape index (κ1) is 33.9. The van der Waals surface area contributed by atoms with Gasteiger partial charge in [0.05, 0.1) is 12.2 Å². The van der Waals surface area contributed by atoms with Crippen LogP contribution in [0.4, 0.5) is 17.6 Å². The second-order valence-corrected chi connectivity index (χ2v) is 10.9. The summed E-state index contributed by atoms with van der Waals surface area (Å²) in [6.07, 6.45) is -1.26. The molecular weight excluding hydrogens is 608 g/mol. The van der Waals surface area contributed by atoms with Gasteiger partial charge in [0, 0.05) is 22.3 Å². The van der Waals surface area contributed by atoms with Crippen LogP contribution in [0, 0.1) is 5.82 Å². The average Bonchev–Trinajstić information content (AvgIpc) is 3.00. The van der Waals surface area contributed by atoms with E-state index in [0.717, 1.165) is 42.7 Å². The number of esters is 1. The Balaban J connectivity index is 0.00000461. The lowest BCUT2D eigenvalue weighted by atomic mass is 9.91. The van der Waals surface area contributed by atoms with Crippen LogP contribution in [0.5, 0.6) is 5.75 Å². The van der Waals surface area contributed by atoms with Crippen LogP contribution in [-0.4, -0.2) is 24.1 Å². The van der Waals surface area contributed by atoms with Crippen LogP contribution in [0.1, 0.15) is 71.7 Å². The first-order valence-electron chi connectivity index (χ1n) is 14.4. The fraction of sp³-hybridized carbons (Fsp3) is 0.314. The highest BCUT2D eigenvalue weighted by Gasteiger charge is 2.30. The lowest BCUT2D eigenvalue weighted by molar-refractivity contribution is -0.137. The summed E-state index contributed by atoms with van der Waals surface area (Å²) in [5.74, 6) is -0.272. The third kappa shape index (κ3) is 8.41. The molecule has 1 aliphatic rings. The molecule has 3 aromatic carbocycles. The zero-order chi connectivity index (χ0) is 31.3. The van der Waals surface area contributed by atoms with Crippen molar-refractivity contribution in [1.29, 1.82) is 0 Å². The van der Waals surface area contributed by atoms with E-state index in [1.165, 1.54) is 24.3 Å². The third-order valence-corrected chi connectivity index (χ3v) is 7.92. The molecule has 0 aliphatic heterocycles. The molecule has 0 saturated carbocycles. The van der Waals surface area contributed by atoms with Crippen molar-refractivity contribution in [1.82, 2.24) is 10.3 Å². The summed E-state index contributed by atoms with van der Waals surface area (Å²) in [6, 6.07) is 18.2. The van der Waals surface area contributed by atoms with E-state index in [1.807, 2.05) is 6.07 Å². The summed E-state index contributed by atoms with van der Waals surface area (Å²) >= 11 is 6.51. The summed E-state index contributed by atoms with van der Waals surface area (Å²) in [5.41, 5.74) is 4.19. The van der Waals surface area contributed by atoms with Crippen LogP contribution >= 0.6 is 11.6 Å². The molecule has 0 amide bonds. The molecule has 1 N–H and O–H groups in total. The number of ether oxygens (including phenoxy) is 2. The van der Waals surface area contributed by atoms with Crippen molar-refractivity contribution in [3.63, 3.8) is 0 Å². The van der Waals surface area contributed by atoms with Crippen molar-refractivity contribution in [2.75, 3.05) is 13.2 Å². The van der Waals surface area contributed by atoms with Gasteiger partial charge in [0.1, 0.15) is 23.9 Å². The predicted molar refractivity (Wildman–Crippen MR) is 167 cm³/mol. The molecule has 1 atom stereocenters. The van der Waals surface area contributed by atoms with Gasteiger partial charge in [-0.25, -0.2) is 14.2 Å². The second kappa shape index (κ2) is 14.9. The van der Waals surface area contributed by atoms with Crippen LogP contribution in [-0.2, 0) is 30.4 Å². The van der Waals surface area contributed by atoms with Crippen molar-refractivity contribution >= 4 is 17.6 Å². The van der Waals surface area contributed by atoms with Gasteiger partial charge in [0.2, 0.25) is 0 Å². The first-order chi connectivity index (χ1) is 21.1. The van der Waals surface area contributed by atoms with Gasteiger partial charge in [-0.05, 0) is 104 Å². The molecule has 1 heterocycles. The second-order valence-electron chi connectivity index (χ2n) is 10.5. The molecule has 4 aromatic rings. The standard InChI is InChI=1S/C34H31ClF4N2O3.CH4/c1-2-43-33(42)31-14-13-27-29(4-3-5-30(27)41-31)40-17-16-23-18-26(36)12-15-32(23)44-20-24-7-6-22(19-28(24)35)21-8-10-25(11-9-21)34(37,38)39;/h6-15,18-19,29,40H,2-5,16-17,20H2,1H3;1H4. The molecule has 0 saturated heterocycles. The maximum atomic E-state index is 14.2. The minimum atomic E-state index is -4.40. The highest BCUT2D eigenvalue weighted by molar-refractivity contribution is 6.31. The number of alkyl halides is 3. The van der Waals surface area contributed by atoms with E-state index >= 15 is 0 Å². The number of rotatable bonds is 10. The number of carbonyl (C=O) groups excluding carboxylic acids is 1. The number of hydrogen-bond acceptors (Lipinski definition) is 5. The number of hydrogen-bond donors (Lipinski definition) is 1. The molecule has 5 nitrogen and oxygen atoms in total. The summed E-state index contributed by atoms with van der Waals surface area (Å²) < 4.78 is 64.0. The van der Waals surface area contributed by atoms with Crippen molar-refractivity contribution < 1.29 is 31.8 Å². The van der Waals surface area contributed by atoms with E-state index in [4.69, 9.17) is 21.1 Å². The molecule has 0 fully saturated rings. The molecule has 1 unspecified atom stereocenters. The quantitative estimate of drug-likeness (QED) is 0.138. The number of aryl methyl sites for hydroxylation is 1. The maximum absolute atomic E-state index is 14.2. The van der Waals surface area contributed by atoms with Gasteiger partial charge in [-0.2, -0.15) is 13.2 Å². The monoisotopic (exact) mass is 642 g/mol. The van der Waals surface area contributed by atoms with E-state index in [1.54, 1.807) is 37.3 Å². The average molecular weight is 643 g/mol. The molecule has 0 spiro atoms. The van der Waals surface area contributed by atoms with Crippen molar-refractivity contribution in [2.24, 2.45) is 0 Å². The van der Waals surface area contributed by atoms with Gasteiger partial charge >= 0.3 is 12.1 Å². The molecule has 238 valence electrons. The van der Waals surface area contributed by atoms with E-state index in [-0.39, 0.29) is 25.9 Å². The summed E-state index contributed by atoms with van der Waals surface area (Å²) in [4.78, 5) is 16.6. The van der Waals surface area contributed by atoms with Crippen molar-refractivity contribution in [2.45, 2.75) is 58.9 Å². The molecule has 45 heavy (non-hydrogen) atoms. The van der Waals surface area contributed by atoms with Crippen LogP contribution in [0.2, 0.25) is 5.02 Å². The van der Waals surface area contributed by atoms with Gasteiger partial charge in [-0.3, -0.25) is 0 Å². The summed E-state index contributed by atoms with van der Waals surface area (Å²) in [6.45, 7) is 2.74. The Bertz CT molecular complexity index is 1630. The topological polar surface area (TPSA) is 60.5 Å². The molecule has 0 bridgehead atoms. The Morgan fingerprint density at radius 2 is 1.76 bits per heavy atom. The predicted octanol–water partition coefficient (Wildman–Crippen LogP) is 9.16. The number of halogens is 5. The van der Waals surface area contributed by atoms with Gasteiger partial charge in [-0.15, -0.1) is 0 Å². The van der Waals surface area contributed by atoms with E-state index in [9.17, 15) is 22.4 Å². The van der Waals surface area contributed by atoms with Crippen LogP contribution < -0.4 is 10.1 Å². The number of aromatic nitrogens is 1. The van der Waals surface area contributed by atoms with Crippen LogP contribution in [0.3, 0.4) is 0 Å². The highest BCUT2D eigenvalue weighted by atomic mass is 35.5. The number of fused-ring (bicyclic) bond motifs is 1. The molecular formula is C35H35ClF4N2O3. The first-order valence-corrected chi connectivity index (χ1v) is 14.8. The normalized spacial score (nSPS) is 14.3. The Labute approximate surface area is 265 Å². The van der Waals surface area contributed by atoms with Crippen molar-refractivity contribution in [3.05, 3.63) is 117 Å². The van der Waals surface area contributed by atoms with E-state index in [0.29, 0.717) is 58.3 Å². The zero-order valence-electron chi connectivity index (χ0n) is 24.0. The highest BCUT2D eigenvalue weighted by Crippen LogP contribution is 2.33. The lowest BCUT2D eigenvalue weighted by Crippen LogP contribution is -2.28. The lowest BCUT2D eigenvalue weighted by Gasteiger charge is -2.26. The fourth-order valence-electron chi connectivity index (χ4n) is 5.31. The molecule has 1 aliphatic carbocycles. The van der Waals surface area contributed by atoms with Gasteiger partial charge < -0.3 is 14.8 Å². The number of nitrogens with zero attached hydrogens (tertiary/aromatic N) is 1. The maximum Gasteiger partial charge on any atom is 0.416 e. The summed E-state index contributed by atoms with van der Waals surface area (Å²) in [7, 11) is 0. The van der Waals surface area contributed by atoms with Gasteiger partial charge in [0.25, 0.3) is 0 Å². The van der Waals surface area contributed by atoms with Crippen molar-refractivity contribution in [3.8, 4) is 16.9 Å². The van der Waals surface area contributed by atoms with Crippen LogP contribution in [0.15, 0.2) is 72.8 Å². The largest absolute Gasteiger partial charge is 0.489 e. The Morgan fingerprint density at radius 1 is 1.00 bits per heavy atom. The number of pyridine rings is 1. The molecule has 0 radical (unpaired) electrons. The molecule has 1 aromatic heterocycles. The smallest absolute Gasteiger partial charge is 0.416 e. The number of carbonyl (C=O) groups is 1. The summed E-state index contributed by atoms with van der Waals surface area (Å²) in [5, 5.41) is 3.95. The minimum Gasteiger partial charge on any atom is -0.489 e. The Hall–Kier alpha value is -3.95. The van der Waals surface area contributed by atoms with Gasteiger partial charge in [0.15, 0.2) is 0 Å². The number of benzene rings is 3. The number of nitrogens with one attached hydrogen (secondary N) is 1. The van der Waals surface area contributed by atoms with Crippen LogP contribution in [0.25, 0.3) is 11.1 Å². The SMILES string of the molecule is C.CCOC(=O)c1ccc2c(n1)CCCC2NCCc1cc(F)ccc1OCc1ccc(-c2ccc(C(F)(F)F)cc2)cc1Cl. The zero-order valence-corrected chi connectivity index (χ0v) is 24.8. The fourth-order valence-corrected chi connectivity index (χ4v) is 5.54. The van der Waals surface area contributed by atoms with E-state index < -0.39 is 17.7 Å². The van der Waals surface area contributed by atoms with E-state index in [2.05, 4.69) is 10.3 Å².